The fourth-order valence-electron chi connectivity index (χ4n) is 2.69. The smallest absolute Gasteiger partial charge is 0.252 e. The molecule has 2 N–H and O–H groups in total. The second-order valence-electron chi connectivity index (χ2n) is 6.13. The molecule has 0 saturated carbocycles. The van der Waals surface area contributed by atoms with Gasteiger partial charge in [-0.25, -0.2) is 8.42 Å². The quantitative estimate of drug-likeness (QED) is 0.734. The van der Waals surface area contributed by atoms with Gasteiger partial charge in [0.15, 0.2) is 0 Å². The summed E-state index contributed by atoms with van der Waals surface area (Å²) in [5, 5.41) is 7.20. The van der Waals surface area contributed by atoms with Gasteiger partial charge in [0.25, 0.3) is 10.0 Å². The Morgan fingerprint density at radius 3 is 2.60 bits per heavy atom. The van der Waals surface area contributed by atoms with E-state index in [0.717, 1.165) is 6.42 Å². The molecular weight excluding hydrogens is 362 g/mol. The molecule has 1 fully saturated rings. The normalized spacial score (nSPS) is 17.8. The van der Waals surface area contributed by atoms with Crippen molar-refractivity contribution in [3.63, 3.8) is 0 Å². The number of hydrogen-bond donors (Lipinski definition) is 2. The number of nitrogens with zero attached hydrogens (tertiary/aromatic N) is 1. The molecule has 0 radical (unpaired) electrons. The number of hydrogen-bond acceptors (Lipinski definition) is 5. The van der Waals surface area contributed by atoms with E-state index >= 15 is 0 Å². The lowest BCUT2D eigenvalue weighted by molar-refractivity contribution is -0.131. The topological polar surface area (TPSA) is 95.6 Å². The van der Waals surface area contributed by atoms with Crippen molar-refractivity contribution in [1.29, 1.82) is 0 Å². The molecule has 1 aliphatic heterocycles. The van der Waals surface area contributed by atoms with Gasteiger partial charge in [0.05, 0.1) is 0 Å². The van der Waals surface area contributed by atoms with E-state index in [1.54, 1.807) is 24.4 Å². The Morgan fingerprint density at radius 1 is 1.36 bits per heavy atom. The molecule has 1 atom stereocenters. The second-order valence-corrected chi connectivity index (χ2v) is 9.24. The van der Waals surface area contributed by atoms with Crippen molar-refractivity contribution >= 4 is 33.2 Å². The standard InChI is InChI=1S/C16H25N3O4S2/c1-3-8-17-15(20)12(2)18-16(21)13-6-9-19(10-7-13)25(22,23)14-5-4-11-24-14/h4-5,11-13H,3,6-10H2,1-2H3,(H,17,20)(H,18,21)/t12-/m0/s1. The van der Waals surface area contributed by atoms with Gasteiger partial charge in [-0.2, -0.15) is 4.31 Å². The van der Waals surface area contributed by atoms with Crippen LogP contribution < -0.4 is 10.6 Å². The molecule has 1 aromatic rings. The van der Waals surface area contributed by atoms with E-state index in [1.165, 1.54) is 15.6 Å². The third-order valence-corrected chi connectivity index (χ3v) is 7.49. The van der Waals surface area contributed by atoms with Crippen LogP contribution in [0.2, 0.25) is 0 Å². The van der Waals surface area contributed by atoms with Gasteiger partial charge in [0, 0.05) is 25.6 Å². The van der Waals surface area contributed by atoms with Gasteiger partial charge in [-0.15, -0.1) is 11.3 Å². The molecule has 9 heteroatoms. The van der Waals surface area contributed by atoms with Crippen LogP contribution in [0.25, 0.3) is 0 Å². The molecule has 0 unspecified atom stereocenters. The minimum Gasteiger partial charge on any atom is -0.354 e. The molecule has 1 aliphatic rings. The van der Waals surface area contributed by atoms with Gasteiger partial charge in [-0.05, 0) is 37.6 Å². The number of carbonyl (C=O) groups excluding carboxylic acids is 2. The van der Waals surface area contributed by atoms with Crippen LogP contribution in [0.15, 0.2) is 21.7 Å². The summed E-state index contributed by atoms with van der Waals surface area (Å²) < 4.78 is 26.7. The molecule has 25 heavy (non-hydrogen) atoms. The summed E-state index contributed by atoms with van der Waals surface area (Å²) in [6.45, 7) is 4.82. The van der Waals surface area contributed by atoms with E-state index in [9.17, 15) is 18.0 Å². The molecule has 2 heterocycles. The second kappa shape index (κ2) is 8.77. The van der Waals surface area contributed by atoms with Gasteiger partial charge < -0.3 is 10.6 Å². The van der Waals surface area contributed by atoms with E-state index in [-0.39, 0.29) is 17.7 Å². The number of piperidine rings is 1. The van der Waals surface area contributed by atoms with E-state index < -0.39 is 16.1 Å². The molecular formula is C16H25N3O4S2. The Labute approximate surface area is 152 Å². The average Bonchev–Trinajstić information content (AvgIpc) is 3.15. The van der Waals surface area contributed by atoms with E-state index in [4.69, 9.17) is 0 Å². The van der Waals surface area contributed by atoms with Gasteiger partial charge >= 0.3 is 0 Å². The highest BCUT2D eigenvalue weighted by Gasteiger charge is 2.33. The van der Waals surface area contributed by atoms with Crippen LogP contribution in [0.4, 0.5) is 0 Å². The summed E-state index contributed by atoms with van der Waals surface area (Å²) in [5.74, 6) is -0.656. The molecule has 140 valence electrons. The van der Waals surface area contributed by atoms with Crippen LogP contribution in [0.1, 0.15) is 33.1 Å². The largest absolute Gasteiger partial charge is 0.354 e. The Hall–Kier alpha value is -1.45. The predicted octanol–water partition coefficient (Wildman–Crippen LogP) is 1.18. The maximum atomic E-state index is 12.5. The predicted molar refractivity (Wildman–Crippen MR) is 96.7 cm³/mol. The third-order valence-electron chi connectivity index (χ3n) is 4.22. The average molecular weight is 388 g/mol. The maximum Gasteiger partial charge on any atom is 0.252 e. The summed E-state index contributed by atoms with van der Waals surface area (Å²) in [7, 11) is -3.46. The zero-order valence-corrected chi connectivity index (χ0v) is 16.2. The fraction of sp³-hybridized carbons (Fsp3) is 0.625. The van der Waals surface area contributed by atoms with Crippen LogP contribution in [0.5, 0.6) is 0 Å². The van der Waals surface area contributed by atoms with E-state index in [2.05, 4.69) is 10.6 Å². The molecule has 2 amide bonds. The van der Waals surface area contributed by atoms with Crippen molar-refractivity contribution in [1.82, 2.24) is 14.9 Å². The lowest BCUT2D eigenvalue weighted by Crippen LogP contribution is -2.49. The zero-order valence-electron chi connectivity index (χ0n) is 14.5. The Morgan fingerprint density at radius 2 is 2.04 bits per heavy atom. The van der Waals surface area contributed by atoms with Crippen LogP contribution in [0.3, 0.4) is 0 Å². The lowest BCUT2D eigenvalue weighted by Gasteiger charge is -2.30. The molecule has 0 aliphatic carbocycles. The first-order valence-corrected chi connectivity index (χ1v) is 10.8. The molecule has 0 aromatic carbocycles. The summed E-state index contributed by atoms with van der Waals surface area (Å²) in [4.78, 5) is 24.1. The highest BCUT2D eigenvalue weighted by molar-refractivity contribution is 7.91. The minimum atomic E-state index is -3.46. The van der Waals surface area contributed by atoms with Gasteiger partial charge in [-0.1, -0.05) is 13.0 Å². The van der Waals surface area contributed by atoms with Crippen LogP contribution in [-0.4, -0.2) is 50.2 Å². The van der Waals surface area contributed by atoms with Crippen LogP contribution in [-0.2, 0) is 19.6 Å². The first kappa shape index (κ1) is 19.9. The van der Waals surface area contributed by atoms with Gasteiger partial charge in [0.1, 0.15) is 10.3 Å². The molecule has 1 aromatic heterocycles. The van der Waals surface area contributed by atoms with Crippen molar-refractivity contribution in [3.05, 3.63) is 17.5 Å². The van der Waals surface area contributed by atoms with Crippen molar-refractivity contribution in [2.75, 3.05) is 19.6 Å². The SMILES string of the molecule is CCCNC(=O)[C@H](C)NC(=O)C1CCN(S(=O)(=O)c2cccs2)CC1. The Balaban J connectivity index is 1.85. The highest BCUT2D eigenvalue weighted by Crippen LogP contribution is 2.26. The van der Waals surface area contributed by atoms with Crippen molar-refractivity contribution < 1.29 is 18.0 Å². The number of amides is 2. The van der Waals surface area contributed by atoms with Crippen molar-refractivity contribution in [3.8, 4) is 0 Å². The van der Waals surface area contributed by atoms with Crippen molar-refractivity contribution in [2.45, 2.75) is 43.4 Å². The Bertz CT molecular complexity index is 680. The van der Waals surface area contributed by atoms with E-state index in [0.29, 0.717) is 36.7 Å². The minimum absolute atomic E-state index is 0.188. The molecule has 2 rings (SSSR count). The van der Waals surface area contributed by atoms with Gasteiger partial charge in [0.2, 0.25) is 11.8 Å². The number of carbonyl (C=O) groups is 2. The zero-order chi connectivity index (χ0) is 18.4. The van der Waals surface area contributed by atoms with Crippen molar-refractivity contribution in [2.24, 2.45) is 5.92 Å². The summed E-state index contributed by atoms with van der Waals surface area (Å²) in [6.07, 6.45) is 1.75. The first-order chi connectivity index (χ1) is 11.9. The van der Waals surface area contributed by atoms with E-state index in [1.807, 2.05) is 6.92 Å². The maximum absolute atomic E-state index is 12.5. The molecule has 7 nitrogen and oxygen atoms in total. The van der Waals surface area contributed by atoms with Gasteiger partial charge in [-0.3, -0.25) is 9.59 Å². The monoisotopic (exact) mass is 387 g/mol. The lowest BCUT2D eigenvalue weighted by atomic mass is 9.97. The number of nitrogens with one attached hydrogen (secondary N) is 2. The number of sulfonamides is 1. The Kier molecular flexibility index (Phi) is 6.97. The number of thiophene rings is 1. The molecule has 0 spiro atoms. The highest BCUT2D eigenvalue weighted by atomic mass is 32.2. The summed E-state index contributed by atoms with van der Waals surface area (Å²) in [6, 6.07) is 2.71. The summed E-state index contributed by atoms with van der Waals surface area (Å²) in [5.41, 5.74) is 0. The molecule has 0 bridgehead atoms. The van der Waals surface area contributed by atoms with Crippen LogP contribution >= 0.6 is 11.3 Å². The third kappa shape index (κ3) is 5.02. The summed E-state index contributed by atoms with van der Waals surface area (Å²) >= 11 is 1.20. The first-order valence-electron chi connectivity index (χ1n) is 8.48. The molecule has 1 saturated heterocycles. The van der Waals surface area contributed by atoms with Crippen LogP contribution in [0, 0.1) is 5.92 Å². The fourth-order valence-corrected chi connectivity index (χ4v) is 5.31. The number of rotatable bonds is 7.